The number of H-pyrrole nitrogens is 1. The normalized spacial score (nSPS) is 19.3. The highest BCUT2D eigenvalue weighted by Crippen LogP contribution is 2.35. The number of esters is 1. The Morgan fingerprint density at radius 1 is 1.27 bits per heavy atom. The molecule has 1 aromatic heterocycles. The highest BCUT2D eigenvalue weighted by Gasteiger charge is 2.39. The zero-order valence-electron chi connectivity index (χ0n) is 14.3. The predicted molar refractivity (Wildman–Crippen MR) is 103 cm³/mol. The summed E-state index contributed by atoms with van der Waals surface area (Å²) in [6, 6.07) is 13.2. The molecule has 0 radical (unpaired) electrons. The number of carbonyl (C=O) groups excluding carboxylic acids is 1. The van der Waals surface area contributed by atoms with Crippen molar-refractivity contribution in [1.82, 2.24) is 4.98 Å². The van der Waals surface area contributed by atoms with Gasteiger partial charge in [0.15, 0.2) is 12.1 Å². The van der Waals surface area contributed by atoms with Gasteiger partial charge in [-0.25, -0.2) is 4.79 Å². The van der Waals surface area contributed by atoms with Gasteiger partial charge < -0.3 is 15.0 Å². The van der Waals surface area contributed by atoms with Crippen LogP contribution in [0.25, 0.3) is 10.9 Å². The van der Waals surface area contributed by atoms with Gasteiger partial charge in [0.2, 0.25) is 0 Å². The third kappa shape index (κ3) is 2.98. The van der Waals surface area contributed by atoms with E-state index >= 15 is 0 Å². The van der Waals surface area contributed by atoms with Crippen LogP contribution in [0.4, 0.5) is 0 Å². The van der Waals surface area contributed by atoms with Crippen molar-refractivity contribution in [3.05, 3.63) is 69.3 Å². The van der Waals surface area contributed by atoms with E-state index in [1.807, 2.05) is 42.6 Å². The van der Waals surface area contributed by atoms with Crippen molar-refractivity contribution in [1.29, 1.82) is 0 Å². The van der Waals surface area contributed by atoms with E-state index in [0.717, 1.165) is 27.7 Å². The number of ether oxygens (including phenoxy) is 1. The minimum Gasteiger partial charge on any atom is -0.462 e. The Morgan fingerprint density at radius 3 is 2.85 bits per heavy atom. The molecule has 0 spiro atoms. The Balaban J connectivity index is 1.86. The quantitative estimate of drug-likeness (QED) is 0.672. The van der Waals surface area contributed by atoms with E-state index in [1.165, 1.54) is 0 Å². The molecule has 134 valence electrons. The van der Waals surface area contributed by atoms with Gasteiger partial charge in [-0.05, 0) is 36.8 Å². The molecule has 0 saturated heterocycles. The minimum atomic E-state index is -0.307. The highest BCUT2D eigenvalue weighted by atomic mass is 35.5. The summed E-state index contributed by atoms with van der Waals surface area (Å²) in [6.45, 7) is 2.20. The summed E-state index contributed by atoms with van der Waals surface area (Å²) < 4.78 is 5.28. The first-order valence-corrected chi connectivity index (χ1v) is 9.40. The van der Waals surface area contributed by atoms with Gasteiger partial charge in [0, 0.05) is 27.9 Å². The van der Waals surface area contributed by atoms with E-state index in [1.54, 1.807) is 6.07 Å². The lowest BCUT2D eigenvalue weighted by Gasteiger charge is -2.27. The number of para-hydroxylation sites is 1. The van der Waals surface area contributed by atoms with Crippen LogP contribution in [0.3, 0.4) is 0 Å². The highest BCUT2D eigenvalue weighted by molar-refractivity contribution is 6.35. The van der Waals surface area contributed by atoms with Crippen LogP contribution in [0.1, 0.15) is 29.8 Å². The number of benzene rings is 2. The fourth-order valence-electron chi connectivity index (χ4n) is 3.75. The van der Waals surface area contributed by atoms with Gasteiger partial charge in [-0.15, -0.1) is 0 Å². The van der Waals surface area contributed by atoms with E-state index in [4.69, 9.17) is 27.9 Å². The molecule has 6 heteroatoms. The van der Waals surface area contributed by atoms with E-state index in [9.17, 15) is 4.79 Å². The molecule has 1 aliphatic heterocycles. The maximum absolute atomic E-state index is 12.5. The standard InChI is InChI=1S/C20H18Cl2N2O2/c1-2-26-20(25)17-10-14-12-5-3-4-6-16(12)23-19(14)18(24-17)13-8-7-11(21)9-15(13)22/h3-9,17-18,23-24H,2,10H2,1H3/p+1/t17-,18+/m1/s1. The molecule has 2 heterocycles. The zero-order chi connectivity index (χ0) is 18.3. The third-order valence-electron chi connectivity index (χ3n) is 4.89. The van der Waals surface area contributed by atoms with Gasteiger partial charge in [0.05, 0.1) is 17.3 Å². The molecule has 0 aliphatic carbocycles. The molecule has 2 aromatic carbocycles. The van der Waals surface area contributed by atoms with Gasteiger partial charge in [0.25, 0.3) is 0 Å². The molecule has 0 fully saturated rings. The van der Waals surface area contributed by atoms with Gasteiger partial charge in [0.1, 0.15) is 0 Å². The summed E-state index contributed by atoms with van der Waals surface area (Å²) >= 11 is 12.5. The van der Waals surface area contributed by atoms with Crippen LogP contribution >= 0.6 is 23.2 Å². The minimum absolute atomic E-state index is 0.120. The molecule has 3 aromatic rings. The smallest absolute Gasteiger partial charge is 0.365 e. The number of nitrogens with one attached hydrogen (secondary N) is 1. The SMILES string of the molecule is CCOC(=O)[C@H]1Cc2c([nH]c3ccccc23)[C@H](c2ccc(Cl)cc2Cl)[NH2+]1. The molecule has 4 nitrogen and oxygen atoms in total. The van der Waals surface area contributed by atoms with Crippen LogP contribution in [-0.4, -0.2) is 23.6 Å². The molecule has 26 heavy (non-hydrogen) atoms. The van der Waals surface area contributed by atoms with Crippen molar-refractivity contribution in [2.75, 3.05) is 6.61 Å². The average Bonchev–Trinajstić information content (AvgIpc) is 3.00. The second kappa shape index (κ2) is 6.95. The molecule has 1 aliphatic rings. The number of aromatic amines is 1. The summed E-state index contributed by atoms with van der Waals surface area (Å²) in [5.41, 5.74) is 4.22. The largest absolute Gasteiger partial charge is 0.462 e. The van der Waals surface area contributed by atoms with E-state index < -0.39 is 0 Å². The van der Waals surface area contributed by atoms with Crippen molar-refractivity contribution in [2.45, 2.75) is 25.4 Å². The fourth-order valence-corrected chi connectivity index (χ4v) is 4.27. The van der Waals surface area contributed by atoms with Gasteiger partial charge in [-0.3, -0.25) is 0 Å². The van der Waals surface area contributed by atoms with Crippen LogP contribution in [0.15, 0.2) is 42.5 Å². The van der Waals surface area contributed by atoms with Crippen LogP contribution in [0.2, 0.25) is 10.0 Å². The van der Waals surface area contributed by atoms with E-state index in [2.05, 4.69) is 11.1 Å². The molecule has 0 unspecified atom stereocenters. The Kier molecular flexibility index (Phi) is 4.65. The van der Waals surface area contributed by atoms with E-state index in [0.29, 0.717) is 23.1 Å². The number of hydrogen-bond donors (Lipinski definition) is 2. The van der Waals surface area contributed by atoms with Gasteiger partial charge in [-0.2, -0.15) is 0 Å². The monoisotopic (exact) mass is 389 g/mol. The third-order valence-corrected chi connectivity index (χ3v) is 5.46. The summed E-state index contributed by atoms with van der Waals surface area (Å²) in [5.74, 6) is -0.196. The molecular weight excluding hydrogens is 371 g/mol. The van der Waals surface area contributed by atoms with Crippen LogP contribution < -0.4 is 5.32 Å². The number of rotatable bonds is 3. The number of aromatic nitrogens is 1. The zero-order valence-corrected chi connectivity index (χ0v) is 15.8. The Morgan fingerprint density at radius 2 is 2.08 bits per heavy atom. The summed E-state index contributed by atoms with van der Waals surface area (Å²) in [5, 5.41) is 4.35. The van der Waals surface area contributed by atoms with Crippen molar-refractivity contribution in [3.63, 3.8) is 0 Å². The summed E-state index contributed by atoms with van der Waals surface area (Å²) in [6.07, 6.45) is 0.625. The lowest BCUT2D eigenvalue weighted by atomic mass is 9.90. The summed E-state index contributed by atoms with van der Waals surface area (Å²) in [4.78, 5) is 16.0. The van der Waals surface area contributed by atoms with Crippen molar-refractivity contribution < 1.29 is 14.8 Å². The maximum Gasteiger partial charge on any atom is 0.365 e. The molecule has 0 amide bonds. The second-order valence-electron chi connectivity index (χ2n) is 6.46. The number of nitrogens with two attached hydrogens (primary N) is 1. The topological polar surface area (TPSA) is 58.7 Å². The molecule has 2 atom stereocenters. The van der Waals surface area contributed by atoms with Crippen LogP contribution in [-0.2, 0) is 16.0 Å². The predicted octanol–water partition coefficient (Wildman–Crippen LogP) is 3.62. The lowest BCUT2D eigenvalue weighted by molar-refractivity contribution is -0.712. The van der Waals surface area contributed by atoms with Crippen LogP contribution in [0.5, 0.6) is 0 Å². The molecule has 4 rings (SSSR count). The Hall–Kier alpha value is -2.01. The maximum atomic E-state index is 12.5. The number of fused-ring (bicyclic) bond motifs is 3. The Labute approximate surface area is 161 Å². The van der Waals surface area contributed by atoms with Crippen molar-refractivity contribution in [2.24, 2.45) is 0 Å². The molecule has 3 N–H and O–H groups in total. The van der Waals surface area contributed by atoms with Gasteiger partial charge in [-0.1, -0.05) is 41.4 Å². The first-order valence-electron chi connectivity index (χ1n) is 8.64. The fraction of sp³-hybridized carbons (Fsp3) is 0.250. The second-order valence-corrected chi connectivity index (χ2v) is 7.31. The number of carbonyl (C=O) groups is 1. The molecule has 0 bridgehead atoms. The molecule has 0 saturated carbocycles. The number of hydrogen-bond acceptors (Lipinski definition) is 2. The summed E-state index contributed by atoms with van der Waals surface area (Å²) in [7, 11) is 0. The molecular formula is C20H19Cl2N2O2+. The number of halogens is 2. The van der Waals surface area contributed by atoms with Crippen molar-refractivity contribution in [3.8, 4) is 0 Å². The first kappa shape index (κ1) is 17.4. The van der Waals surface area contributed by atoms with E-state index in [-0.39, 0.29) is 18.1 Å². The average molecular weight is 390 g/mol. The Bertz CT molecular complexity index is 983. The van der Waals surface area contributed by atoms with Gasteiger partial charge >= 0.3 is 5.97 Å². The van der Waals surface area contributed by atoms with Crippen molar-refractivity contribution >= 4 is 40.1 Å². The first-order chi connectivity index (χ1) is 12.6. The lowest BCUT2D eigenvalue weighted by Crippen LogP contribution is -2.94. The van der Waals surface area contributed by atoms with Crippen LogP contribution in [0, 0.1) is 0 Å². The number of quaternary nitrogens is 1.